The van der Waals surface area contributed by atoms with Crippen molar-refractivity contribution in [3.05, 3.63) is 23.8 Å². The minimum atomic E-state index is -0.440. The molecule has 1 atom stereocenters. The van der Waals surface area contributed by atoms with E-state index in [9.17, 15) is 4.79 Å². The first-order valence-electron chi connectivity index (χ1n) is 7.13. The molecule has 0 spiro atoms. The fraction of sp³-hybridized carbons (Fsp3) is 0.533. The van der Waals surface area contributed by atoms with Crippen molar-refractivity contribution in [3.63, 3.8) is 0 Å². The van der Waals surface area contributed by atoms with Crippen molar-refractivity contribution < 1.29 is 14.3 Å². The number of primary amides is 1. The van der Waals surface area contributed by atoms with Crippen LogP contribution in [0, 0.1) is 0 Å². The van der Waals surface area contributed by atoms with Crippen LogP contribution in [0.3, 0.4) is 0 Å². The van der Waals surface area contributed by atoms with E-state index in [1.54, 1.807) is 20.3 Å². The van der Waals surface area contributed by atoms with E-state index in [2.05, 4.69) is 10.2 Å². The second kappa shape index (κ2) is 7.28. The first kappa shape index (κ1) is 15.6. The zero-order valence-electron chi connectivity index (χ0n) is 12.6. The third kappa shape index (κ3) is 3.65. The Labute approximate surface area is 125 Å². The van der Waals surface area contributed by atoms with Crippen LogP contribution in [0.4, 0.5) is 0 Å². The Bertz CT molecular complexity index is 485. The molecule has 0 radical (unpaired) electrons. The van der Waals surface area contributed by atoms with Gasteiger partial charge in [-0.05, 0) is 30.7 Å². The molecule has 1 aromatic carbocycles. The van der Waals surface area contributed by atoms with Gasteiger partial charge in [0.2, 0.25) is 5.91 Å². The Kier molecular flexibility index (Phi) is 5.41. The molecule has 116 valence electrons. The number of hydrogen-bond acceptors (Lipinski definition) is 5. The number of ether oxygens (including phenoxy) is 2. The van der Waals surface area contributed by atoms with E-state index < -0.39 is 6.04 Å². The van der Waals surface area contributed by atoms with E-state index >= 15 is 0 Å². The summed E-state index contributed by atoms with van der Waals surface area (Å²) in [4.78, 5) is 14.1. The van der Waals surface area contributed by atoms with Gasteiger partial charge in [-0.2, -0.15) is 0 Å². The van der Waals surface area contributed by atoms with Gasteiger partial charge >= 0.3 is 0 Å². The van der Waals surface area contributed by atoms with Crippen molar-refractivity contribution >= 4 is 5.91 Å². The molecule has 1 heterocycles. The van der Waals surface area contributed by atoms with Crippen molar-refractivity contribution in [2.24, 2.45) is 5.73 Å². The highest BCUT2D eigenvalue weighted by atomic mass is 16.5. The average Bonchev–Trinajstić information content (AvgIpc) is 2.76. The van der Waals surface area contributed by atoms with Crippen molar-refractivity contribution in [2.75, 3.05) is 40.4 Å². The van der Waals surface area contributed by atoms with E-state index in [1.807, 2.05) is 12.1 Å². The molecule has 0 aliphatic carbocycles. The van der Waals surface area contributed by atoms with E-state index in [4.69, 9.17) is 15.2 Å². The molecular formula is C15H23N3O3. The topological polar surface area (TPSA) is 76.8 Å². The summed E-state index contributed by atoms with van der Waals surface area (Å²) in [6.45, 7) is 3.46. The summed E-state index contributed by atoms with van der Waals surface area (Å²) < 4.78 is 10.5. The Morgan fingerprint density at radius 1 is 1.24 bits per heavy atom. The Morgan fingerprint density at radius 2 is 2.00 bits per heavy atom. The van der Waals surface area contributed by atoms with Crippen molar-refractivity contribution in [2.45, 2.75) is 12.5 Å². The molecule has 0 bridgehead atoms. The van der Waals surface area contributed by atoms with Gasteiger partial charge < -0.3 is 20.5 Å². The highest BCUT2D eigenvalue weighted by Gasteiger charge is 2.27. The molecule has 1 aromatic rings. The van der Waals surface area contributed by atoms with Crippen LogP contribution >= 0.6 is 0 Å². The third-order valence-corrected chi connectivity index (χ3v) is 3.73. The number of nitrogens with one attached hydrogen (secondary N) is 1. The van der Waals surface area contributed by atoms with Crippen LogP contribution in [0.15, 0.2) is 18.2 Å². The molecule has 1 aliphatic rings. The van der Waals surface area contributed by atoms with Gasteiger partial charge in [0.1, 0.15) is 6.04 Å². The number of carbonyl (C=O) groups is 1. The number of methoxy groups -OCH3 is 2. The molecule has 3 N–H and O–H groups in total. The minimum absolute atomic E-state index is 0.343. The lowest BCUT2D eigenvalue weighted by atomic mass is 10.0. The Hall–Kier alpha value is -1.79. The van der Waals surface area contributed by atoms with E-state index in [0.29, 0.717) is 11.5 Å². The monoisotopic (exact) mass is 293 g/mol. The summed E-state index contributed by atoms with van der Waals surface area (Å²) in [5, 5.41) is 3.32. The maximum absolute atomic E-state index is 12.0. The SMILES string of the molecule is COc1ccc(C(C(N)=O)N2CCCNCC2)cc1OC. The maximum Gasteiger partial charge on any atom is 0.239 e. The van der Waals surface area contributed by atoms with Gasteiger partial charge in [-0.25, -0.2) is 0 Å². The van der Waals surface area contributed by atoms with Gasteiger partial charge in [0.25, 0.3) is 0 Å². The number of benzene rings is 1. The quantitative estimate of drug-likeness (QED) is 0.828. The molecule has 1 amide bonds. The molecule has 2 rings (SSSR count). The highest BCUT2D eigenvalue weighted by Crippen LogP contribution is 2.32. The molecule has 1 aliphatic heterocycles. The summed E-state index contributed by atoms with van der Waals surface area (Å²) in [5.74, 6) is 0.903. The maximum atomic E-state index is 12.0. The number of amides is 1. The lowest BCUT2D eigenvalue weighted by molar-refractivity contribution is -0.123. The predicted molar refractivity (Wildman–Crippen MR) is 80.5 cm³/mol. The minimum Gasteiger partial charge on any atom is -0.493 e. The summed E-state index contributed by atoms with van der Waals surface area (Å²) in [6.07, 6.45) is 0.997. The number of rotatable bonds is 5. The smallest absolute Gasteiger partial charge is 0.239 e. The normalized spacial score (nSPS) is 17.8. The first-order chi connectivity index (χ1) is 10.2. The average molecular weight is 293 g/mol. The zero-order valence-corrected chi connectivity index (χ0v) is 12.6. The molecule has 21 heavy (non-hydrogen) atoms. The summed E-state index contributed by atoms with van der Waals surface area (Å²) >= 11 is 0. The Morgan fingerprint density at radius 3 is 2.67 bits per heavy atom. The van der Waals surface area contributed by atoms with Gasteiger partial charge in [0.15, 0.2) is 11.5 Å². The molecule has 0 aromatic heterocycles. The lowest BCUT2D eigenvalue weighted by Crippen LogP contribution is -2.39. The van der Waals surface area contributed by atoms with Crippen LogP contribution < -0.4 is 20.5 Å². The van der Waals surface area contributed by atoms with Crippen LogP contribution in [0.5, 0.6) is 11.5 Å². The van der Waals surface area contributed by atoms with Crippen LogP contribution in [0.2, 0.25) is 0 Å². The molecular weight excluding hydrogens is 270 g/mol. The number of nitrogens with zero attached hydrogens (tertiary/aromatic N) is 1. The molecule has 1 unspecified atom stereocenters. The zero-order chi connectivity index (χ0) is 15.2. The fourth-order valence-electron chi connectivity index (χ4n) is 2.70. The largest absolute Gasteiger partial charge is 0.493 e. The second-order valence-corrected chi connectivity index (χ2v) is 5.06. The van der Waals surface area contributed by atoms with Crippen LogP contribution in [0.1, 0.15) is 18.0 Å². The summed E-state index contributed by atoms with van der Waals surface area (Å²) in [6, 6.07) is 5.06. The van der Waals surface area contributed by atoms with E-state index in [1.165, 1.54) is 0 Å². The van der Waals surface area contributed by atoms with Gasteiger partial charge in [-0.15, -0.1) is 0 Å². The van der Waals surface area contributed by atoms with Crippen LogP contribution in [-0.2, 0) is 4.79 Å². The van der Waals surface area contributed by atoms with Gasteiger partial charge in [0, 0.05) is 19.6 Å². The molecule has 0 saturated carbocycles. The number of carbonyl (C=O) groups excluding carboxylic acids is 1. The number of nitrogens with two attached hydrogens (primary N) is 1. The summed E-state index contributed by atoms with van der Waals surface area (Å²) in [5.41, 5.74) is 6.47. The molecule has 6 nitrogen and oxygen atoms in total. The van der Waals surface area contributed by atoms with E-state index in [-0.39, 0.29) is 5.91 Å². The van der Waals surface area contributed by atoms with Gasteiger partial charge in [-0.3, -0.25) is 9.69 Å². The van der Waals surface area contributed by atoms with Crippen LogP contribution in [-0.4, -0.2) is 51.2 Å². The Balaban J connectivity index is 2.31. The highest BCUT2D eigenvalue weighted by molar-refractivity contribution is 5.81. The standard InChI is InChI=1S/C15H23N3O3/c1-20-12-5-4-11(10-13(12)21-2)14(15(16)19)18-8-3-6-17-7-9-18/h4-5,10,14,17H,3,6-9H2,1-2H3,(H2,16,19). The van der Waals surface area contributed by atoms with Crippen LogP contribution in [0.25, 0.3) is 0 Å². The lowest BCUT2D eigenvalue weighted by Gasteiger charge is -2.28. The fourth-order valence-corrected chi connectivity index (χ4v) is 2.70. The summed E-state index contributed by atoms with van der Waals surface area (Å²) in [7, 11) is 3.17. The van der Waals surface area contributed by atoms with Crippen molar-refractivity contribution in [3.8, 4) is 11.5 Å². The predicted octanol–water partition coefficient (Wildman–Crippen LogP) is 0.526. The second-order valence-electron chi connectivity index (χ2n) is 5.06. The first-order valence-corrected chi connectivity index (χ1v) is 7.13. The molecule has 1 fully saturated rings. The third-order valence-electron chi connectivity index (χ3n) is 3.73. The van der Waals surface area contributed by atoms with E-state index in [0.717, 1.165) is 38.2 Å². The van der Waals surface area contributed by atoms with Crippen molar-refractivity contribution in [1.29, 1.82) is 0 Å². The molecule has 1 saturated heterocycles. The number of hydrogen-bond donors (Lipinski definition) is 2. The van der Waals surface area contributed by atoms with Gasteiger partial charge in [0.05, 0.1) is 14.2 Å². The van der Waals surface area contributed by atoms with Crippen molar-refractivity contribution in [1.82, 2.24) is 10.2 Å². The molecule has 6 heteroatoms. The van der Waals surface area contributed by atoms with Gasteiger partial charge in [-0.1, -0.05) is 6.07 Å².